The number of aromatic nitrogens is 1. The average Bonchev–Trinajstić information content (AvgIpc) is 2.52. The van der Waals surface area contributed by atoms with Crippen LogP contribution in [0.5, 0.6) is 0 Å². The van der Waals surface area contributed by atoms with Gasteiger partial charge in [-0.1, -0.05) is 6.07 Å². The van der Waals surface area contributed by atoms with Crippen molar-refractivity contribution in [1.29, 1.82) is 0 Å². The number of amides is 2. The summed E-state index contributed by atoms with van der Waals surface area (Å²) >= 11 is 0. The minimum absolute atomic E-state index is 0.0489. The van der Waals surface area contributed by atoms with Gasteiger partial charge in [0.25, 0.3) is 0 Å². The molecule has 0 aliphatic carbocycles. The summed E-state index contributed by atoms with van der Waals surface area (Å²) in [5, 5.41) is 2.90. The molecule has 114 valence electrons. The highest BCUT2D eigenvalue weighted by Crippen LogP contribution is 2.03. The van der Waals surface area contributed by atoms with E-state index in [-0.39, 0.29) is 11.8 Å². The van der Waals surface area contributed by atoms with Crippen LogP contribution in [0.4, 0.5) is 0 Å². The van der Waals surface area contributed by atoms with Gasteiger partial charge >= 0.3 is 0 Å². The second-order valence-corrected chi connectivity index (χ2v) is 5.24. The number of nitrogens with zero attached hydrogens (tertiary/aromatic N) is 3. The summed E-state index contributed by atoms with van der Waals surface area (Å²) < 4.78 is 0. The predicted molar refractivity (Wildman–Crippen MR) is 79.4 cm³/mol. The van der Waals surface area contributed by atoms with Crippen LogP contribution in [0.3, 0.4) is 0 Å². The van der Waals surface area contributed by atoms with E-state index >= 15 is 0 Å². The van der Waals surface area contributed by atoms with Crippen molar-refractivity contribution in [2.75, 3.05) is 32.7 Å². The largest absolute Gasteiger partial charge is 0.352 e. The molecule has 0 spiro atoms. The van der Waals surface area contributed by atoms with E-state index in [4.69, 9.17) is 0 Å². The number of hydrogen-bond acceptors (Lipinski definition) is 4. The molecule has 0 unspecified atom stereocenters. The van der Waals surface area contributed by atoms with Crippen LogP contribution in [0.15, 0.2) is 24.5 Å². The Bertz CT molecular complexity index is 470. The fourth-order valence-corrected chi connectivity index (χ4v) is 2.34. The maximum atomic E-state index is 11.8. The molecule has 2 amide bonds. The van der Waals surface area contributed by atoms with E-state index in [2.05, 4.69) is 15.2 Å². The normalized spacial score (nSPS) is 15.8. The van der Waals surface area contributed by atoms with E-state index in [0.717, 1.165) is 38.3 Å². The van der Waals surface area contributed by atoms with Crippen LogP contribution in [0.1, 0.15) is 18.9 Å². The topological polar surface area (TPSA) is 65.5 Å². The van der Waals surface area contributed by atoms with E-state index in [1.165, 1.54) is 0 Å². The minimum atomic E-state index is 0.0489. The van der Waals surface area contributed by atoms with Crippen LogP contribution < -0.4 is 5.32 Å². The van der Waals surface area contributed by atoms with Crippen molar-refractivity contribution in [2.45, 2.75) is 19.9 Å². The Labute approximate surface area is 125 Å². The lowest BCUT2D eigenvalue weighted by Crippen LogP contribution is -2.48. The molecular weight excluding hydrogens is 268 g/mol. The Morgan fingerprint density at radius 2 is 2.05 bits per heavy atom. The molecule has 1 aliphatic heterocycles. The molecule has 0 aromatic carbocycles. The zero-order chi connectivity index (χ0) is 15.1. The van der Waals surface area contributed by atoms with Crippen molar-refractivity contribution in [1.82, 2.24) is 20.1 Å². The highest BCUT2D eigenvalue weighted by molar-refractivity contribution is 5.76. The van der Waals surface area contributed by atoms with Crippen molar-refractivity contribution in [2.24, 2.45) is 0 Å². The zero-order valence-corrected chi connectivity index (χ0v) is 12.4. The van der Waals surface area contributed by atoms with Crippen LogP contribution in [-0.4, -0.2) is 59.3 Å². The van der Waals surface area contributed by atoms with Gasteiger partial charge in [0.15, 0.2) is 0 Å². The lowest BCUT2D eigenvalue weighted by Gasteiger charge is -2.34. The van der Waals surface area contributed by atoms with E-state index in [1.54, 1.807) is 19.3 Å². The minimum Gasteiger partial charge on any atom is -0.352 e. The first-order chi connectivity index (χ1) is 10.1. The van der Waals surface area contributed by atoms with Gasteiger partial charge in [0.1, 0.15) is 0 Å². The van der Waals surface area contributed by atoms with Crippen LogP contribution in [-0.2, 0) is 16.1 Å². The summed E-state index contributed by atoms with van der Waals surface area (Å²) in [4.78, 5) is 31.1. The van der Waals surface area contributed by atoms with Gasteiger partial charge in [0.05, 0.1) is 0 Å². The molecule has 1 saturated heterocycles. The molecule has 1 aromatic heterocycles. The van der Waals surface area contributed by atoms with Crippen LogP contribution in [0.25, 0.3) is 0 Å². The third-order valence-corrected chi connectivity index (χ3v) is 3.69. The van der Waals surface area contributed by atoms with Crippen molar-refractivity contribution in [3.05, 3.63) is 30.1 Å². The Hall–Kier alpha value is -1.95. The summed E-state index contributed by atoms with van der Waals surface area (Å²) in [6, 6.07) is 3.80. The van der Waals surface area contributed by atoms with Gasteiger partial charge in [-0.3, -0.25) is 19.5 Å². The van der Waals surface area contributed by atoms with Crippen molar-refractivity contribution in [3.8, 4) is 0 Å². The molecule has 0 radical (unpaired) electrons. The number of pyridine rings is 1. The molecule has 1 aromatic rings. The van der Waals surface area contributed by atoms with Crippen molar-refractivity contribution >= 4 is 11.8 Å². The number of piperazine rings is 1. The highest BCUT2D eigenvalue weighted by atomic mass is 16.2. The summed E-state index contributed by atoms with van der Waals surface area (Å²) in [5.74, 6) is 0.178. The zero-order valence-electron chi connectivity index (χ0n) is 12.4. The first-order valence-corrected chi connectivity index (χ1v) is 7.28. The third-order valence-electron chi connectivity index (χ3n) is 3.69. The molecule has 2 rings (SSSR count). The lowest BCUT2D eigenvalue weighted by atomic mass is 10.2. The Morgan fingerprint density at radius 1 is 1.29 bits per heavy atom. The van der Waals surface area contributed by atoms with E-state index in [0.29, 0.717) is 13.0 Å². The Morgan fingerprint density at radius 3 is 2.67 bits per heavy atom. The molecule has 1 N–H and O–H groups in total. The monoisotopic (exact) mass is 290 g/mol. The van der Waals surface area contributed by atoms with E-state index in [1.807, 2.05) is 17.0 Å². The summed E-state index contributed by atoms with van der Waals surface area (Å²) in [6.07, 6.45) is 3.95. The maximum Gasteiger partial charge on any atom is 0.221 e. The standard InChI is InChI=1S/C15H22N4O2/c1-13(20)19-9-7-18(8-10-19)6-4-15(21)17-12-14-3-2-5-16-11-14/h2-3,5,11H,4,6-10,12H2,1H3,(H,17,21). The quantitative estimate of drug-likeness (QED) is 0.844. The molecule has 0 atom stereocenters. The van der Waals surface area contributed by atoms with Crippen molar-refractivity contribution < 1.29 is 9.59 Å². The predicted octanol–water partition coefficient (Wildman–Crippen LogP) is 0.252. The van der Waals surface area contributed by atoms with Crippen LogP contribution in [0.2, 0.25) is 0 Å². The maximum absolute atomic E-state index is 11.8. The van der Waals surface area contributed by atoms with Crippen LogP contribution in [0, 0.1) is 0 Å². The molecular formula is C15H22N4O2. The van der Waals surface area contributed by atoms with Gasteiger partial charge in [0.2, 0.25) is 11.8 Å². The molecule has 1 fully saturated rings. The van der Waals surface area contributed by atoms with Gasteiger partial charge in [-0.15, -0.1) is 0 Å². The Balaban J connectivity index is 1.62. The average molecular weight is 290 g/mol. The number of nitrogens with one attached hydrogen (secondary N) is 1. The highest BCUT2D eigenvalue weighted by Gasteiger charge is 2.18. The van der Waals surface area contributed by atoms with Crippen molar-refractivity contribution in [3.63, 3.8) is 0 Å². The van der Waals surface area contributed by atoms with E-state index in [9.17, 15) is 9.59 Å². The fourth-order valence-electron chi connectivity index (χ4n) is 2.34. The third kappa shape index (κ3) is 5.15. The first kappa shape index (κ1) is 15.4. The van der Waals surface area contributed by atoms with Gasteiger partial charge in [-0.05, 0) is 11.6 Å². The fraction of sp³-hybridized carbons (Fsp3) is 0.533. The van der Waals surface area contributed by atoms with Crippen LogP contribution >= 0.6 is 0 Å². The SMILES string of the molecule is CC(=O)N1CCN(CCC(=O)NCc2cccnc2)CC1. The molecule has 1 aliphatic rings. The molecule has 2 heterocycles. The summed E-state index contributed by atoms with van der Waals surface area (Å²) in [5.41, 5.74) is 1.00. The number of carbonyl (C=O) groups excluding carboxylic acids is 2. The second kappa shape index (κ2) is 7.73. The number of rotatable bonds is 5. The lowest BCUT2D eigenvalue weighted by molar-refractivity contribution is -0.131. The van der Waals surface area contributed by atoms with E-state index < -0.39 is 0 Å². The Kier molecular flexibility index (Phi) is 5.68. The summed E-state index contributed by atoms with van der Waals surface area (Å²) in [7, 11) is 0. The first-order valence-electron chi connectivity index (χ1n) is 7.28. The molecule has 0 saturated carbocycles. The summed E-state index contributed by atoms with van der Waals surface area (Å²) in [6.45, 7) is 6.06. The van der Waals surface area contributed by atoms with Gasteiger partial charge in [0, 0.05) is 65.0 Å². The molecule has 6 heteroatoms. The van der Waals surface area contributed by atoms with Gasteiger partial charge in [-0.2, -0.15) is 0 Å². The molecule has 21 heavy (non-hydrogen) atoms. The smallest absolute Gasteiger partial charge is 0.221 e. The van der Waals surface area contributed by atoms with Gasteiger partial charge < -0.3 is 10.2 Å². The second-order valence-electron chi connectivity index (χ2n) is 5.24. The molecule has 6 nitrogen and oxygen atoms in total. The molecule has 0 bridgehead atoms. The van der Waals surface area contributed by atoms with Gasteiger partial charge in [-0.25, -0.2) is 0 Å². The number of hydrogen-bond donors (Lipinski definition) is 1. The number of carbonyl (C=O) groups is 2.